The summed E-state index contributed by atoms with van der Waals surface area (Å²) in [6.07, 6.45) is 3.39. The highest BCUT2D eigenvalue weighted by molar-refractivity contribution is 6.31. The number of piperidine rings is 1. The first kappa shape index (κ1) is 49.8. The van der Waals surface area contributed by atoms with Gasteiger partial charge in [-0.3, -0.25) is 24.2 Å². The number of benzene rings is 2. The van der Waals surface area contributed by atoms with Crippen LogP contribution in [0.5, 0.6) is 0 Å². The first-order valence-electron chi connectivity index (χ1n) is 24.3. The summed E-state index contributed by atoms with van der Waals surface area (Å²) in [6.45, 7) is 18.1. The van der Waals surface area contributed by atoms with Gasteiger partial charge in [0.25, 0.3) is 11.5 Å². The van der Waals surface area contributed by atoms with E-state index < -0.39 is 29.7 Å². The van der Waals surface area contributed by atoms with Gasteiger partial charge in [-0.25, -0.2) is 9.97 Å². The molecule has 18 heteroatoms. The third-order valence-electron chi connectivity index (χ3n) is 15.1. The number of nitrogens with one attached hydrogen (secondary N) is 2. The second-order valence-electron chi connectivity index (χ2n) is 20.9. The molecular formula is C53H62ClF3N10O4. The number of aromatic nitrogens is 4. The van der Waals surface area contributed by atoms with Crippen molar-refractivity contribution in [3.05, 3.63) is 117 Å². The van der Waals surface area contributed by atoms with Gasteiger partial charge in [-0.15, -0.1) is 0 Å². The number of amides is 2. The number of anilines is 6. The summed E-state index contributed by atoms with van der Waals surface area (Å²) in [5.74, 6) is -0.241. The van der Waals surface area contributed by atoms with Crippen LogP contribution in [0.4, 0.5) is 47.6 Å². The van der Waals surface area contributed by atoms with Crippen molar-refractivity contribution in [2.45, 2.75) is 110 Å². The molecule has 3 aliphatic heterocycles. The number of alkyl halides is 3. The van der Waals surface area contributed by atoms with Crippen LogP contribution in [0.1, 0.15) is 87.3 Å². The zero-order valence-corrected chi connectivity index (χ0v) is 42.1. The minimum absolute atomic E-state index is 0.00854. The van der Waals surface area contributed by atoms with Crippen molar-refractivity contribution in [3.63, 3.8) is 0 Å². The molecule has 3 aromatic heterocycles. The minimum atomic E-state index is -4.46. The van der Waals surface area contributed by atoms with Crippen LogP contribution in [0.2, 0.25) is 5.02 Å². The number of fused-ring (bicyclic) bond motifs is 3. The van der Waals surface area contributed by atoms with Gasteiger partial charge in [0.2, 0.25) is 5.91 Å². The van der Waals surface area contributed by atoms with Gasteiger partial charge in [0, 0.05) is 110 Å². The largest absolute Gasteiger partial charge is 0.397 e. The van der Waals surface area contributed by atoms with E-state index in [9.17, 15) is 32.7 Å². The second-order valence-corrected chi connectivity index (χ2v) is 21.3. The lowest BCUT2D eigenvalue weighted by molar-refractivity contribution is -0.180. The summed E-state index contributed by atoms with van der Waals surface area (Å²) in [4.78, 5) is 58.6. The molecule has 71 heavy (non-hydrogen) atoms. The van der Waals surface area contributed by atoms with Gasteiger partial charge in [0.05, 0.1) is 29.1 Å². The second kappa shape index (κ2) is 18.8. The Labute approximate surface area is 417 Å². The molecule has 2 saturated heterocycles. The molecule has 0 radical (unpaired) electrons. The molecule has 9 rings (SSSR count). The molecule has 0 saturated carbocycles. The number of pyridine rings is 1. The Kier molecular flexibility index (Phi) is 13.2. The van der Waals surface area contributed by atoms with Gasteiger partial charge in [-0.05, 0) is 125 Å². The number of carbonyl (C=O) groups is 2. The maximum atomic E-state index is 14.1. The predicted octanol–water partition coefficient (Wildman–Crippen LogP) is 8.85. The molecule has 6 heterocycles. The average Bonchev–Trinajstić information content (AvgIpc) is 3.82. The summed E-state index contributed by atoms with van der Waals surface area (Å²) >= 11 is 6.34. The molecule has 2 fully saturated rings. The van der Waals surface area contributed by atoms with Crippen LogP contribution in [0, 0.1) is 5.41 Å². The van der Waals surface area contributed by atoms with Crippen molar-refractivity contribution >= 4 is 57.8 Å². The Balaban J connectivity index is 0.913. The van der Waals surface area contributed by atoms with Gasteiger partial charge in [0.1, 0.15) is 11.5 Å². The highest BCUT2D eigenvalue weighted by Gasteiger charge is 2.50. The number of rotatable bonds is 11. The molecule has 1 aliphatic carbocycles. The lowest BCUT2D eigenvalue weighted by Gasteiger charge is -2.48. The minimum Gasteiger partial charge on any atom is -0.392 e. The Hall–Kier alpha value is -6.17. The van der Waals surface area contributed by atoms with E-state index in [0.717, 1.165) is 64.0 Å². The first-order valence-corrected chi connectivity index (χ1v) is 24.7. The van der Waals surface area contributed by atoms with E-state index in [1.54, 1.807) is 54.7 Å². The van der Waals surface area contributed by atoms with Crippen molar-refractivity contribution in [1.29, 1.82) is 0 Å². The molecule has 0 spiro atoms. The molecule has 1 unspecified atom stereocenters. The van der Waals surface area contributed by atoms with E-state index >= 15 is 0 Å². The Morgan fingerprint density at radius 3 is 2.46 bits per heavy atom. The van der Waals surface area contributed by atoms with Crippen LogP contribution >= 0.6 is 11.6 Å². The Bertz CT molecular complexity index is 2980. The first-order chi connectivity index (χ1) is 33.6. The Morgan fingerprint density at radius 2 is 1.76 bits per heavy atom. The normalized spacial score (nSPS) is 20.5. The van der Waals surface area contributed by atoms with Gasteiger partial charge in [-0.1, -0.05) is 32.0 Å². The molecule has 14 nitrogen and oxygen atoms in total. The van der Waals surface area contributed by atoms with Crippen LogP contribution in [-0.4, -0.2) is 97.9 Å². The van der Waals surface area contributed by atoms with Crippen LogP contribution in [0.15, 0.2) is 78.4 Å². The molecule has 4 aliphatic rings. The van der Waals surface area contributed by atoms with Crippen molar-refractivity contribution in [2.24, 2.45) is 12.5 Å². The number of aliphatic hydroxyl groups excluding tert-OH is 1. The number of nitrogens with zero attached hydrogens (tertiary/aromatic N) is 8. The molecule has 2 amide bonds. The lowest BCUT2D eigenvalue weighted by Crippen LogP contribution is -2.58. The third-order valence-corrected chi connectivity index (χ3v) is 15.4. The lowest BCUT2D eigenvalue weighted by atomic mass is 9.83. The zero-order chi connectivity index (χ0) is 50.9. The number of halogens is 4. The number of hydrogen-bond acceptors (Lipinski definition) is 10. The Morgan fingerprint density at radius 1 is 0.986 bits per heavy atom. The van der Waals surface area contributed by atoms with E-state index in [4.69, 9.17) is 16.6 Å². The molecular weight excluding hydrogens is 933 g/mol. The SMILES string of the molecule is C=CC(=O)Nc1cc(Nc2nc(-c3ccnc(N4CCn5c(cc6c5CC(C)(C)C6)C4=O)c3CO)cn(C)c2=O)ccc1N1CCN(C2CCN(c3ccc(Cl)c(C(C)(C)C(F)(F)F)c3)[C@H](C)C2)C[C@@H]1C. The predicted molar refractivity (Wildman–Crippen MR) is 273 cm³/mol. The van der Waals surface area contributed by atoms with Gasteiger partial charge in [0.15, 0.2) is 5.82 Å². The summed E-state index contributed by atoms with van der Waals surface area (Å²) < 4.78 is 45.7. The summed E-state index contributed by atoms with van der Waals surface area (Å²) in [6, 6.07) is 14.6. The quantitative estimate of drug-likeness (QED) is 0.110. The number of aliphatic hydroxyl groups is 1. The van der Waals surface area contributed by atoms with Crippen LogP contribution < -0.4 is 30.9 Å². The number of carbonyl (C=O) groups excluding carboxylic acids is 2. The average molecular weight is 996 g/mol. The zero-order valence-electron chi connectivity index (χ0n) is 41.3. The van der Waals surface area contributed by atoms with Crippen LogP contribution in [0.3, 0.4) is 0 Å². The summed E-state index contributed by atoms with van der Waals surface area (Å²) in [5.41, 5.74) is 4.56. The molecule has 2 aromatic carbocycles. The van der Waals surface area contributed by atoms with Crippen molar-refractivity contribution < 1.29 is 27.9 Å². The highest BCUT2D eigenvalue weighted by atomic mass is 35.5. The van der Waals surface area contributed by atoms with Crippen molar-refractivity contribution in [3.8, 4) is 11.3 Å². The molecule has 0 bridgehead atoms. The van der Waals surface area contributed by atoms with E-state index in [2.05, 4.69) is 69.2 Å². The van der Waals surface area contributed by atoms with Gasteiger partial charge in [-0.2, -0.15) is 13.2 Å². The fourth-order valence-corrected chi connectivity index (χ4v) is 11.5. The van der Waals surface area contributed by atoms with Gasteiger partial charge >= 0.3 is 6.18 Å². The third kappa shape index (κ3) is 9.32. The molecule has 376 valence electrons. The van der Waals surface area contributed by atoms with E-state index in [0.29, 0.717) is 65.9 Å². The fraction of sp³-hybridized carbons (Fsp3) is 0.453. The number of aryl methyl sites for hydroxylation is 1. The number of piperazine rings is 1. The summed E-state index contributed by atoms with van der Waals surface area (Å²) in [7, 11) is 1.61. The smallest absolute Gasteiger partial charge is 0.392 e. The monoisotopic (exact) mass is 994 g/mol. The van der Waals surface area contributed by atoms with Crippen LogP contribution in [0.25, 0.3) is 11.3 Å². The van der Waals surface area contributed by atoms with E-state index in [1.807, 2.05) is 18.2 Å². The molecule has 3 N–H and O–H groups in total. The topological polar surface area (TPSA) is 144 Å². The standard InChI is InChI=1S/C53H62ClF3N10O4/c1-9-46(69)60-41-24-34(10-13-43(41)65-19-18-63(28-32(65)3)35-15-17-64(31(2)22-35)36-11-12-40(54)39(25-36)52(6,7)53(55,56)57)59-47-50(71)62(8)29-42(61-47)37-14-16-58-48(38(37)30-68)67-21-20-66-44(49(67)70)23-33-26-51(4,5)27-45(33)66/h9-14,16,23-25,29,31-32,35,68H,1,15,17-22,26-28,30H2,2-8H3,(H,59,61)(H,60,69)/t31-,32+,35?/m1/s1. The molecule has 3 atom stereocenters. The molecule has 5 aromatic rings. The van der Waals surface area contributed by atoms with Crippen molar-refractivity contribution in [2.75, 3.05) is 58.1 Å². The summed E-state index contributed by atoms with van der Waals surface area (Å²) in [5, 5.41) is 17.1. The number of hydrogen-bond donors (Lipinski definition) is 3. The maximum Gasteiger partial charge on any atom is 0.397 e. The van der Waals surface area contributed by atoms with Crippen molar-refractivity contribution in [1.82, 2.24) is 24.0 Å². The maximum absolute atomic E-state index is 14.1. The fourth-order valence-electron chi connectivity index (χ4n) is 11.2. The highest BCUT2D eigenvalue weighted by Crippen LogP contribution is 2.45. The van der Waals surface area contributed by atoms with E-state index in [1.165, 1.54) is 21.9 Å². The van der Waals surface area contributed by atoms with Crippen LogP contribution in [-0.2, 0) is 43.3 Å². The van der Waals surface area contributed by atoms with E-state index in [-0.39, 0.29) is 45.9 Å². The van der Waals surface area contributed by atoms with Gasteiger partial charge < -0.3 is 34.7 Å².